The van der Waals surface area contributed by atoms with E-state index >= 15 is 0 Å². The molecule has 140 valence electrons. The van der Waals surface area contributed by atoms with Crippen LogP contribution >= 0.6 is 0 Å². The lowest BCUT2D eigenvalue weighted by Gasteiger charge is -2.31. The Morgan fingerprint density at radius 3 is 2.38 bits per heavy atom. The Bertz CT molecular complexity index is 703. The number of nitrogens with zero attached hydrogens (tertiary/aromatic N) is 2. The molecule has 0 bridgehead atoms. The van der Waals surface area contributed by atoms with Crippen molar-refractivity contribution in [2.24, 2.45) is 11.1 Å². The van der Waals surface area contributed by atoms with Gasteiger partial charge in [-0.05, 0) is 63.8 Å². The average Bonchev–Trinajstić information content (AvgIpc) is 2.58. The Balaban J connectivity index is 1.97. The summed E-state index contributed by atoms with van der Waals surface area (Å²) >= 11 is 0. The van der Waals surface area contributed by atoms with Crippen LogP contribution in [0.25, 0.3) is 0 Å². The second-order valence-electron chi connectivity index (χ2n) is 7.14. The van der Waals surface area contributed by atoms with Gasteiger partial charge in [0.2, 0.25) is 0 Å². The van der Waals surface area contributed by atoms with Crippen molar-refractivity contribution in [1.29, 1.82) is 0 Å². The minimum absolute atomic E-state index is 0.163. The molecule has 0 saturated carbocycles. The SMILES string of the molecule is CON=C(C#CC1CCN(C(=O)OC(C)(C)C)CC1)c1ccc(F)cc1. The molecule has 2 rings (SSSR count). The van der Waals surface area contributed by atoms with Crippen molar-refractivity contribution in [2.75, 3.05) is 20.2 Å². The van der Waals surface area contributed by atoms with Gasteiger partial charge in [-0.25, -0.2) is 9.18 Å². The zero-order chi connectivity index (χ0) is 19.2. The fourth-order valence-corrected chi connectivity index (χ4v) is 2.55. The summed E-state index contributed by atoms with van der Waals surface area (Å²) in [7, 11) is 1.45. The third-order valence-corrected chi connectivity index (χ3v) is 3.84. The molecule has 6 heteroatoms. The van der Waals surface area contributed by atoms with Gasteiger partial charge in [-0.15, -0.1) is 0 Å². The molecule has 1 heterocycles. The maximum atomic E-state index is 13.1. The summed E-state index contributed by atoms with van der Waals surface area (Å²) in [6, 6.07) is 5.96. The zero-order valence-electron chi connectivity index (χ0n) is 15.7. The minimum Gasteiger partial charge on any atom is -0.444 e. The van der Waals surface area contributed by atoms with Crippen LogP contribution in [0.15, 0.2) is 29.4 Å². The first-order valence-corrected chi connectivity index (χ1v) is 8.65. The summed E-state index contributed by atoms with van der Waals surface area (Å²) in [5, 5.41) is 3.93. The maximum Gasteiger partial charge on any atom is 0.410 e. The van der Waals surface area contributed by atoms with Crippen LogP contribution in [0.3, 0.4) is 0 Å². The molecule has 0 aliphatic carbocycles. The van der Waals surface area contributed by atoms with Crippen LogP contribution in [0.2, 0.25) is 0 Å². The molecule has 1 aliphatic rings. The molecule has 0 N–H and O–H groups in total. The van der Waals surface area contributed by atoms with Crippen LogP contribution < -0.4 is 0 Å². The Morgan fingerprint density at radius 1 is 1.23 bits per heavy atom. The number of carbonyl (C=O) groups excluding carboxylic acids is 1. The van der Waals surface area contributed by atoms with Crippen molar-refractivity contribution in [1.82, 2.24) is 4.90 Å². The molecular formula is C20H25FN2O3. The molecule has 1 aliphatic heterocycles. The van der Waals surface area contributed by atoms with Gasteiger partial charge in [-0.3, -0.25) is 0 Å². The van der Waals surface area contributed by atoms with E-state index in [1.807, 2.05) is 20.8 Å². The first-order valence-electron chi connectivity index (χ1n) is 8.65. The largest absolute Gasteiger partial charge is 0.444 e. The van der Waals surface area contributed by atoms with Crippen LogP contribution in [-0.2, 0) is 9.57 Å². The van der Waals surface area contributed by atoms with E-state index in [0.29, 0.717) is 24.4 Å². The van der Waals surface area contributed by atoms with E-state index in [4.69, 9.17) is 9.57 Å². The summed E-state index contributed by atoms with van der Waals surface area (Å²) < 4.78 is 18.5. The highest BCUT2D eigenvalue weighted by molar-refractivity contribution is 6.12. The molecule has 1 aromatic rings. The summed E-state index contributed by atoms with van der Waals surface area (Å²) in [5.41, 5.74) is 0.669. The van der Waals surface area contributed by atoms with E-state index in [-0.39, 0.29) is 17.8 Å². The fraction of sp³-hybridized carbons (Fsp3) is 0.500. The Hall–Kier alpha value is -2.55. The zero-order valence-corrected chi connectivity index (χ0v) is 15.7. The molecule has 0 aromatic heterocycles. The normalized spacial score (nSPS) is 15.9. The predicted molar refractivity (Wildman–Crippen MR) is 98.3 cm³/mol. The predicted octanol–water partition coefficient (Wildman–Crippen LogP) is 3.83. The molecule has 0 unspecified atom stereocenters. The Morgan fingerprint density at radius 2 is 1.85 bits per heavy atom. The van der Waals surface area contributed by atoms with Crippen molar-refractivity contribution in [2.45, 2.75) is 39.2 Å². The lowest BCUT2D eigenvalue weighted by Crippen LogP contribution is -2.41. The van der Waals surface area contributed by atoms with Crippen LogP contribution in [0, 0.1) is 23.6 Å². The molecule has 1 saturated heterocycles. The van der Waals surface area contributed by atoms with Gasteiger partial charge in [-0.1, -0.05) is 11.1 Å². The number of piperidine rings is 1. The van der Waals surface area contributed by atoms with Crippen molar-refractivity contribution in [3.05, 3.63) is 35.6 Å². The van der Waals surface area contributed by atoms with Gasteiger partial charge in [0.25, 0.3) is 0 Å². The maximum absolute atomic E-state index is 13.1. The lowest BCUT2D eigenvalue weighted by molar-refractivity contribution is 0.0199. The van der Waals surface area contributed by atoms with Crippen molar-refractivity contribution in [3.63, 3.8) is 0 Å². The van der Waals surface area contributed by atoms with Gasteiger partial charge in [0.05, 0.1) is 0 Å². The van der Waals surface area contributed by atoms with Gasteiger partial charge in [0.15, 0.2) is 5.71 Å². The van der Waals surface area contributed by atoms with Gasteiger partial charge in [0.1, 0.15) is 18.5 Å². The van der Waals surface area contributed by atoms with Gasteiger partial charge in [-0.2, -0.15) is 0 Å². The third kappa shape index (κ3) is 6.07. The average molecular weight is 360 g/mol. The summed E-state index contributed by atoms with van der Waals surface area (Å²) in [6.07, 6.45) is 1.27. The molecule has 5 nitrogen and oxygen atoms in total. The standard InChI is InChI=1S/C20H25FN2O3/c1-20(2,3)26-19(24)23-13-11-15(12-14-23)5-10-18(22-25-4)16-6-8-17(21)9-7-16/h6-9,15H,11-14H2,1-4H3. The summed E-state index contributed by atoms with van der Waals surface area (Å²) in [5.74, 6) is 6.07. The molecule has 1 aromatic carbocycles. The smallest absolute Gasteiger partial charge is 0.410 e. The highest BCUT2D eigenvalue weighted by Gasteiger charge is 2.26. The number of halogens is 1. The molecule has 1 amide bonds. The number of ether oxygens (including phenoxy) is 1. The molecule has 26 heavy (non-hydrogen) atoms. The second kappa shape index (κ2) is 8.70. The van der Waals surface area contributed by atoms with E-state index in [1.165, 1.54) is 19.2 Å². The number of amides is 1. The van der Waals surface area contributed by atoms with E-state index in [0.717, 1.165) is 12.8 Å². The highest BCUT2D eigenvalue weighted by atomic mass is 19.1. The lowest BCUT2D eigenvalue weighted by atomic mass is 9.97. The van der Waals surface area contributed by atoms with E-state index in [9.17, 15) is 9.18 Å². The van der Waals surface area contributed by atoms with Crippen LogP contribution in [0.1, 0.15) is 39.2 Å². The highest BCUT2D eigenvalue weighted by Crippen LogP contribution is 2.19. The van der Waals surface area contributed by atoms with Crippen LogP contribution in [-0.4, -0.2) is 42.5 Å². The monoisotopic (exact) mass is 360 g/mol. The van der Waals surface area contributed by atoms with Crippen molar-refractivity contribution in [3.8, 4) is 11.8 Å². The van der Waals surface area contributed by atoms with Crippen LogP contribution in [0.4, 0.5) is 9.18 Å². The molecule has 0 atom stereocenters. The minimum atomic E-state index is -0.492. The molecular weight excluding hydrogens is 335 g/mol. The third-order valence-electron chi connectivity index (χ3n) is 3.84. The van der Waals surface area contributed by atoms with E-state index in [1.54, 1.807) is 17.0 Å². The summed E-state index contributed by atoms with van der Waals surface area (Å²) in [4.78, 5) is 18.6. The first kappa shape index (κ1) is 19.8. The number of hydrogen-bond donors (Lipinski definition) is 0. The molecule has 1 fully saturated rings. The topological polar surface area (TPSA) is 51.1 Å². The Labute approximate surface area is 154 Å². The van der Waals surface area contributed by atoms with Gasteiger partial charge in [0, 0.05) is 24.6 Å². The first-order chi connectivity index (χ1) is 12.3. The number of rotatable bonds is 2. The number of hydrogen-bond acceptors (Lipinski definition) is 4. The summed E-state index contributed by atoms with van der Waals surface area (Å²) in [6.45, 7) is 6.79. The number of carbonyl (C=O) groups is 1. The number of benzene rings is 1. The quantitative estimate of drug-likeness (QED) is 0.458. The van der Waals surface area contributed by atoms with E-state index in [2.05, 4.69) is 17.0 Å². The fourth-order valence-electron chi connectivity index (χ4n) is 2.55. The van der Waals surface area contributed by atoms with E-state index < -0.39 is 5.60 Å². The Kier molecular flexibility index (Phi) is 6.62. The van der Waals surface area contributed by atoms with Gasteiger partial charge >= 0.3 is 6.09 Å². The molecule has 0 spiro atoms. The number of oxime groups is 1. The molecule has 0 radical (unpaired) electrons. The van der Waals surface area contributed by atoms with Crippen molar-refractivity contribution >= 4 is 11.8 Å². The van der Waals surface area contributed by atoms with Gasteiger partial charge < -0.3 is 14.5 Å². The number of likely N-dealkylation sites (tertiary alicyclic amines) is 1. The van der Waals surface area contributed by atoms with Crippen LogP contribution in [0.5, 0.6) is 0 Å². The second-order valence-corrected chi connectivity index (χ2v) is 7.14. The van der Waals surface area contributed by atoms with Crippen molar-refractivity contribution < 1.29 is 18.8 Å².